The van der Waals surface area contributed by atoms with Gasteiger partial charge in [-0.3, -0.25) is 0 Å². The zero-order chi connectivity index (χ0) is 12.7. The Morgan fingerprint density at radius 3 is 2.41 bits per heavy atom. The van der Waals surface area contributed by atoms with Crippen molar-refractivity contribution in [3.63, 3.8) is 0 Å². The molecule has 0 radical (unpaired) electrons. The number of nitrogens with one attached hydrogen (secondary N) is 1. The minimum absolute atomic E-state index is 0.726. The Morgan fingerprint density at radius 2 is 1.82 bits per heavy atom. The summed E-state index contributed by atoms with van der Waals surface area (Å²) in [6, 6.07) is 8.77. The van der Waals surface area contributed by atoms with Gasteiger partial charge in [-0.2, -0.15) is 0 Å². The van der Waals surface area contributed by atoms with Crippen LogP contribution in [0.25, 0.3) is 0 Å². The summed E-state index contributed by atoms with van der Waals surface area (Å²) in [5.41, 5.74) is 2.93. The predicted molar refractivity (Wildman–Crippen MR) is 75.2 cm³/mol. The quantitative estimate of drug-likeness (QED) is 0.780. The summed E-state index contributed by atoms with van der Waals surface area (Å²) in [5.74, 6) is 0.726. The second-order valence-corrected chi connectivity index (χ2v) is 5.21. The van der Waals surface area contributed by atoms with Gasteiger partial charge in [-0.15, -0.1) is 0 Å². The topological polar surface area (TPSA) is 15.3 Å². The van der Waals surface area contributed by atoms with Crippen molar-refractivity contribution in [1.29, 1.82) is 0 Å². The van der Waals surface area contributed by atoms with Crippen LogP contribution in [0.2, 0.25) is 0 Å². The van der Waals surface area contributed by atoms with Gasteiger partial charge in [0.25, 0.3) is 0 Å². The molecule has 0 aliphatic heterocycles. The van der Waals surface area contributed by atoms with E-state index in [0.717, 1.165) is 32.0 Å². The summed E-state index contributed by atoms with van der Waals surface area (Å²) < 4.78 is 0. The lowest BCUT2D eigenvalue weighted by Gasteiger charge is -2.20. The largest absolute Gasteiger partial charge is 0.319 e. The third-order valence-corrected chi connectivity index (χ3v) is 2.88. The maximum Gasteiger partial charge on any atom is 0.0233 e. The molecular formula is C15H26N2. The molecule has 0 spiro atoms. The lowest BCUT2D eigenvalue weighted by Crippen LogP contribution is -2.23. The van der Waals surface area contributed by atoms with Gasteiger partial charge >= 0.3 is 0 Å². The second kappa shape index (κ2) is 7.46. The van der Waals surface area contributed by atoms with Crippen LogP contribution in [0.1, 0.15) is 25.0 Å². The molecular weight excluding hydrogens is 208 g/mol. The molecule has 0 bridgehead atoms. The highest BCUT2D eigenvalue weighted by Crippen LogP contribution is 2.12. The zero-order valence-corrected chi connectivity index (χ0v) is 11.7. The second-order valence-electron chi connectivity index (χ2n) is 5.21. The summed E-state index contributed by atoms with van der Waals surface area (Å²) in [5, 5.41) is 3.22. The van der Waals surface area contributed by atoms with Crippen LogP contribution in [-0.4, -0.2) is 32.1 Å². The van der Waals surface area contributed by atoms with Gasteiger partial charge in [-0.05, 0) is 44.1 Å². The summed E-state index contributed by atoms with van der Waals surface area (Å²) >= 11 is 0. The highest BCUT2D eigenvalue weighted by Gasteiger charge is 2.06. The van der Waals surface area contributed by atoms with Gasteiger partial charge in [0.2, 0.25) is 0 Å². The minimum Gasteiger partial charge on any atom is -0.319 e. The minimum atomic E-state index is 0.726. The number of benzene rings is 1. The van der Waals surface area contributed by atoms with Gasteiger partial charge in [-0.1, -0.05) is 38.1 Å². The van der Waals surface area contributed by atoms with Crippen molar-refractivity contribution in [2.45, 2.75) is 26.8 Å². The van der Waals surface area contributed by atoms with Crippen LogP contribution in [0.15, 0.2) is 24.3 Å². The number of nitrogens with zero attached hydrogens (tertiary/aromatic N) is 1. The Labute approximate surface area is 106 Å². The van der Waals surface area contributed by atoms with Gasteiger partial charge in [0, 0.05) is 13.1 Å². The fraction of sp³-hybridized carbons (Fsp3) is 0.600. The van der Waals surface area contributed by atoms with Crippen LogP contribution in [0.5, 0.6) is 0 Å². The first-order valence-electron chi connectivity index (χ1n) is 6.53. The lowest BCUT2D eigenvalue weighted by atomic mass is 10.0. The van der Waals surface area contributed by atoms with E-state index in [9.17, 15) is 0 Å². The fourth-order valence-electron chi connectivity index (χ4n) is 2.19. The Kier molecular flexibility index (Phi) is 6.23. The van der Waals surface area contributed by atoms with E-state index in [2.05, 4.69) is 55.4 Å². The normalized spacial score (nSPS) is 11.4. The maximum atomic E-state index is 3.22. The Morgan fingerprint density at radius 1 is 1.18 bits per heavy atom. The molecule has 1 aromatic rings. The van der Waals surface area contributed by atoms with Crippen LogP contribution >= 0.6 is 0 Å². The number of likely N-dealkylation sites (N-methyl/N-ethyl adjacent to an activating group) is 1. The van der Waals surface area contributed by atoms with E-state index < -0.39 is 0 Å². The average molecular weight is 234 g/mol. The molecule has 0 heterocycles. The van der Waals surface area contributed by atoms with Crippen LogP contribution < -0.4 is 5.32 Å². The first-order valence-corrected chi connectivity index (χ1v) is 6.53. The Hall–Kier alpha value is -0.860. The van der Waals surface area contributed by atoms with Gasteiger partial charge in [0.05, 0.1) is 0 Å². The third-order valence-electron chi connectivity index (χ3n) is 2.88. The molecule has 0 aliphatic carbocycles. The van der Waals surface area contributed by atoms with Crippen molar-refractivity contribution in [3.8, 4) is 0 Å². The highest BCUT2D eigenvalue weighted by atomic mass is 15.1. The summed E-state index contributed by atoms with van der Waals surface area (Å²) in [6.07, 6.45) is 1.11. The van der Waals surface area contributed by atoms with Gasteiger partial charge in [0.15, 0.2) is 0 Å². The van der Waals surface area contributed by atoms with Crippen molar-refractivity contribution >= 4 is 0 Å². The molecule has 0 fully saturated rings. The summed E-state index contributed by atoms with van der Waals surface area (Å²) in [7, 11) is 4.21. The first-order chi connectivity index (χ1) is 8.13. The Balaban J connectivity index is 2.62. The molecule has 0 saturated carbocycles. The molecule has 17 heavy (non-hydrogen) atoms. The van der Waals surface area contributed by atoms with Crippen molar-refractivity contribution in [2.24, 2.45) is 5.92 Å². The van der Waals surface area contributed by atoms with Gasteiger partial charge < -0.3 is 10.2 Å². The van der Waals surface area contributed by atoms with E-state index in [1.165, 1.54) is 11.1 Å². The van der Waals surface area contributed by atoms with Crippen LogP contribution in [-0.2, 0) is 13.0 Å². The molecule has 0 saturated heterocycles. The predicted octanol–water partition coefficient (Wildman–Crippen LogP) is 2.54. The molecule has 2 nitrogen and oxygen atoms in total. The number of rotatable bonds is 7. The average Bonchev–Trinajstić information content (AvgIpc) is 2.26. The van der Waals surface area contributed by atoms with E-state index in [1.807, 2.05) is 7.05 Å². The van der Waals surface area contributed by atoms with E-state index in [1.54, 1.807) is 0 Å². The van der Waals surface area contributed by atoms with E-state index >= 15 is 0 Å². The number of hydrogen-bond acceptors (Lipinski definition) is 2. The van der Waals surface area contributed by atoms with Crippen molar-refractivity contribution in [2.75, 3.05) is 27.2 Å². The van der Waals surface area contributed by atoms with Crippen LogP contribution in [0.4, 0.5) is 0 Å². The summed E-state index contributed by atoms with van der Waals surface area (Å²) in [6.45, 7) is 7.79. The molecule has 0 aliphatic rings. The highest BCUT2D eigenvalue weighted by molar-refractivity contribution is 5.27. The number of hydrogen-bond donors (Lipinski definition) is 1. The molecule has 96 valence electrons. The van der Waals surface area contributed by atoms with Crippen LogP contribution in [0.3, 0.4) is 0 Å². The summed E-state index contributed by atoms with van der Waals surface area (Å²) in [4.78, 5) is 2.41. The molecule has 0 unspecified atom stereocenters. The molecule has 0 aromatic heterocycles. The molecule has 1 N–H and O–H groups in total. The zero-order valence-electron chi connectivity index (χ0n) is 11.7. The van der Waals surface area contributed by atoms with Gasteiger partial charge in [0.1, 0.15) is 0 Å². The van der Waals surface area contributed by atoms with Crippen molar-refractivity contribution in [3.05, 3.63) is 35.4 Å². The van der Waals surface area contributed by atoms with Crippen LogP contribution in [0, 0.1) is 5.92 Å². The molecule has 0 atom stereocenters. The smallest absolute Gasteiger partial charge is 0.0233 e. The molecule has 1 rings (SSSR count). The van der Waals surface area contributed by atoms with Gasteiger partial charge in [-0.25, -0.2) is 0 Å². The fourth-order valence-corrected chi connectivity index (χ4v) is 2.19. The van der Waals surface area contributed by atoms with Crippen molar-refractivity contribution in [1.82, 2.24) is 10.2 Å². The van der Waals surface area contributed by atoms with E-state index in [-0.39, 0.29) is 0 Å². The monoisotopic (exact) mass is 234 g/mol. The lowest BCUT2D eigenvalue weighted by molar-refractivity contribution is 0.287. The first kappa shape index (κ1) is 14.2. The SMILES string of the molecule is CNCCc1ccccc1CN(C)CC(C)C. The maximum absolute atomic E-state index is 3.22. The third kappa shape index (κ3) is 5.33. The molecule has 2 heteroatoms. The standard InChI is InChI=1S/C15H26N2/c1-13(2)11-17(4)12-15-8-6-5-7-14(15)9-10-16-3/h5-8,13,16H,9-12H2,1-4H3. The van der Waals surface area contributed by atoms with Crippen molar-refractivity contribution < 1.29 is 0 Å². The molecule has 1 aromatic carbocycles. The van der Waals surface area contributed by atoms with E-state index in [4.69, 9.17) is 0 Å². The van der Waals surface area contributed by atoms with E-state index in [0.29, 0.717) is 0 Å². The molecule has 0 amide bonds. The Bertz CT molecular complexity index is 320.